The Balaban J connectivity index is 1.69. The first-order chi connectivity index (χ1) is 16.0. The van der Waals surface area contributed by atoms with Crippen LogP contribution in [0.25, 0.3) is 0 Å². The predicted octanol–water partition coefficient (Wildman–Crippen LogP) is 4.78. The number of benzene rings is 2. The van der Waals surface area contributed by atoms with Crippen molar-refractivity contribution in [3.05, 3.63) is 65.0 Å². The van der Waals surface area contributed by atoms with E-state index in [9.17, 15) is 14.0 Å². The minimum atomic E-state index is -0.577. The highest BCUT2D eigenvalue weighted by atomic mass is 19.1. The zero-order valence-corrected chi connectivity index (χ0v) is 19.5. The van der Waals surface area contributed by atoms with E-state index in [0.717, 1.165) is 48.8 Å². The van der Waals surface area contributed by atoms with Gasteiger partial charge in [-0.3, -0.25) is 9.59 Å². The molecule has 5 nitrogen and oxygen atoms in total. The van der Waals surface area contributed by atoms with E-state index in [2.05, 4.69) is 5.32 Å². The van der Waals surface area contributed by atoms with Crippen molar-refractivity contribution in [1.29, 1.82) is 0 Å². The van der Waals surface area contributed by atoms with Crippen molar-refractivity contribution in [2.75, 3.05) is 13.1 Å². The first-order valence-corrected chi connectivity index (χ1v) is 12.1. The Hall–Kier alpha value is -2.89. The molecule has 2 amide bonds. The van der Waals surface area contributed by atoms with E-state index in [1.807, 2.05) is 36.9 Å². The quantitative estimate of drug-likeness (QED) is 0.658. The van der Waals surface area contributed by atoms with Crippen LogP contribution in [-0.2, 0) is 16.0 Å². The van der Waals surface area contributed by atoms with Gasteiger partial charge >= 0.3 is 0 Å². The molecule has 1 aliphatic carbocycles. The summed E-state index contributed by atoms with van der Waals surface area (Å²) in [7, 11) is 0. The Morgan fingerprint density at radius 2 is 1.85 bits per heavy atom. The molecule has 1 aliphatic heterocycles. The van der Waals surface area contributed by atoms with Crippen molar-refractivity contribution in [2.24, 2.45) is 5.92 Å². The van der Waals surface area contributed by atoms with Crippen molar-refractivity contribution in [3.8, 4) is 5.75 Å². The number of nitrogens with zero attached hydrogens (tertiary/aromatic N) is 1. The summed E-state index contributed by atoms with van der Waals surface area (Å²) in [6.07, 6.45) is 4.80. The molecule has 2 aromatic rings. The zero-order valence-electron chi connectivity index (χ0n) is 19.5. The number of halogens is 1. The van der Waals surface area contributed by atoms with Crippen LogP contribution >= 0.6 is 0 Å². The standard InChI is InChI=1S/C27H33FN2O3/c1-3-24(26(31)29-4-2)33-22-14-11-18-15-16-30(27(32)20-7-5-6-8-20)25(23(18)17-22)19-9-12-21(28)13-10-19/h9-14,17,20,24-25H,3-8,15-16H2,1-2H3,(H,29,31)/t24-,25+/m1/s1. The van der Waals surface area contributed by atoms with Gasteiger partial charge in [0.25, 0.3) is 5.91 Å². The van der Waals surface area contributed by atoms with Crippen molar-refractivity contribution in [1.82, 2.24) is 10.2 Å². The number of ether oxygens (including phenoxy) is 1. The van der Waals surface area contributed by atoms with Crippen LogP contribution in [0, 0.1) is 11.7 Å². The zero-order chi connectivity index (χ0) is 23.4. The lowest BCUT2D eigenvalue weighted by atomic mass is 9.87. The first kappa shape index (κ1) is 23.3. The topological polar surface area (TPSA) is 58.6 Å². The molecule has 6 heteroatoms. The van der Waals surface area contributed by atoms with E-state index < -0.39 is 6.10 Å². The van der Waals surface area contributed by atoms with Gasteiger partial charge in [-0.1, -0.05) is 38.0 Å². The minimum absolute atomic E-state index is 0.0659. The molecule has 0 bridgehead atoms. The highest BCUT2D eigenvalue weighted by molar-refractivity contribution is 5.81. The molecule has 1 heterocycles. The van der Waals surface area contributed by atoms with Gasteiger partial charge in [-0.15, -0.1) is 0 Å². The second kappa shape index (κ2) is 10.4. The normalized spacial score (nSPS) is 19.1. The average molecular weight is 453 g/mol. The summed E-state index contributed by atoms with van der Waals surface area (Å²) in [6.45, 7) is 4.99. The van der Waals surface area contributed by atoms with Gasteiger partial charge in [0.2, 0.25) is 5.91 Å². The van der Waals surface area contributed by atoms with Crippen molar-refractivity contribution in [3.63, 3.8) is 0 Å². The molecule has 1 saturated carbocycles. The molecule has 0 unspecified atom stereocenters. The van der Waals surface area contributed by atoms with E-state index in [1.165, 1.54) is 12.1 Å². The van der Waals surface area contributed by atoms with Gasteiger partial charge in [-0.25, -0.2) is 4.39 Å². The monoisotopic (exact) mass is 452 g/mol. The van der Waals surface area contributed by atoms with Gasteiger partial charge in [0, 0.05) is 19.0 Å². The highest BCUT2D eigenvalue weighted by Gasteiger charge is 2.36. The molecular weight excluding hydrogens is 419 g/mol. The predicted molar refractivity (Wildman–Crippen MR) is 125 cm³/mol. The number of carbonyl (C=O) groups excluding carboxylic acids is 2. The Bertz CT molecular complexity index is 985. The number of amides is 2. The summed E-state index contributed by atoms with van der Waals surface area (Å²) >= 11 is 0. The molecular formula is C27H33FN2O3. The summed E-state index contributed by atoms with van der Waals surface area (Å²) in [6, 6.07) is 12.0. The third-order valence-electron chi connectivity index (χ3n) is 6.81. The van der Waals surface area contributed by atoms with E-state index >= 15 is 0 Å². The Labute approximate surface area is 195 Å². The summed E-state index contributed by atoms with van der Waals surface area (Å²) in [5.41, 5.74) is 3.03. The number of fused-ring (bicyclic) bond motifs is 1. The number of rotatable bonds is 7. The summed E-state index contributed by atoms with van der Waals surface area (Å²) < 4.78 is 19.8. The smallest absolute Gasteiger partial charge is 0.261 e. The van der Waals surface area contributed by atoms with E-state index in [0.29, 0.717) is 25.3 Å². The number of hydrogen-bond donors (Lipinski definition) is 1. The van der Waals surface area contributed by atoms with Gasteiger partial charge in [0.15, 0.2) is 6.10 Å². The molecule has 0 saturated heterocycles. The molecule has 0 aromatic heterocycles. The second-order valence-corrected chi connectivity index (χ2v) is 8.99. The fourth-order valence-corrected chi connectivity index (χ4v) is 5.09. The summed E-state index contributed by atoms with van der Waals surface area (Å²) in [4.78, 5) is 27.8. The van der Waals surface area contributed by atoms with Crippen LogP contribution in [0.3, 0.4) is 0 Å². The maximum absolute atomic E-state index is 13.7. The Morgan fingerprint density at radius 3 is 2.52 bits per heavy atom. The molecule has 0 spiro atoms. The van der Waals surface area contributed by atoms with Gasteiger partial charge in [0.1, 0.15) is 11.6 Å². The molecule has 2 aliphatic rings. The fraction of sp³-hybridized carbons (Fsp3) is 0.481. The number of likely N-dealkylation sites (N-methyl/N-ethyl adjacent to an activating group) is 1. The largest absolute Gasteiger partial charge is 0.481 e. The molecule has 33 heavy (non-hydrogen) atoms. The molecule has 176 valence electrons. The van der Waals surface area contributed by atoms with E-state index in [-0.39, 0.29) is 29.6 Å². The van der Waals surface area contributed by atoms with Crippen LogP contribution in [0.5, 0.6) is 5.75 Å². The lowest BCUT2D eigenvalue weighted by Crippen LogP contribution is -2.43. The summed E-state index contributed by atoms with van der Waals surface area (Å²) in [5.74, 6) is 0.428. The lowest BCUT2D eigenvalue weighted by Gasteiger charge is -2.39. The van der Waals surface area contributed by atoms with Crippen LogP contribution in [0.15, 0.2) is 42.5 Å². The highest BCUT2D eigenvalue weighted by Crippen LogP contribution is 2.40. The maximum Gasteiger partial charge on any atom is 0.261 e. The van der Waals surface area contributed by atoms with Crippen LogP contribution in [-0.4, -0.2) is 35.9 Å². The van der Waals surface area contributed by atoms with Gasteiger partial charge < -0.3 is 15.0 Å². The fourth-order valence-electron chi connectivity index (χ4n) is 5.09. The second-order valence-electron chi connectivity index (χ2n) is 8.99. The molecule has 4 rings (SSSR count). The van der Waals surface area contributed by atoms with Crippen LogP contribution in [0.1, 0.15) is 68.7 Å². The van der Waals surface area contributed by atoms with Crippen LogP contribution in [0.4, 0.5) is 4.39 Å². The Kier molecular flexibility index (Phi) is 7.31. The molecule has 1 fully saturated rings. The van der Waals surface area contributed by atoms with E-state index in [1.54, 1.807) is 12.1 Å². The molecule has 2 aromatic carbocycles. The third kappa shape index (κ3) is 5.05. The Morgan fingerprint density at radius 1 is 1.12 bits per heavy atom. The number of hydrogen-bond acceptors (Lipinski definition) is 3. The van der Waals surface area contributed by atoms with Crippen molar-refractivity contribution >= 4 is 11.8 Å². The van der Waals surface area contributed by atoms with Crippen LogP contribution < -0.4 is 10.1 Å². The van der Waals surface area contributed by atoms with Crippen LogP contribution in [0.2, 0.25) is 0 Å². The first-order valence-electron chi connectivity index (χ1n) is 12.1. The molecule has 1 N–H and O–H groups in total. The van der Waals surface area contributed by atoms with Crippen molar-refractivity contribution in [2.45, 2.75) is 64.5 Å². The SMILES string of the molecule is CCNC(=O)[C@@H](CC)Oc1ccc2c(c1)[C@H](c1ccc(F)cc1)N(C(=O)C1CCCC1)CC2. The van der Waals surface area contributed by atoms with Crippen molar-refractivity contribution < 1.29 is 18.7 Å². The molecule has 2 atom stereocenters. The van der Waals surface area contributed by atoms with Gasteiger partial charge in [0.05, 0.1) is 6.04 Å². The third-order valence-corrected chi connectivity index (χ3v) is 6.81. The van der Waals surface area contributed by atoms with Gasteiger partial charge in [-0.2, -0.15) is 0 Å². The summed E-state index contributed by atoms with van der Waals surface area (Å²) in [5, 5.41) is 2.82. The van der Waals surface area contributed by atoms with Gasteiger partial charge in [-0.05, 0) is 73.6 Å². The maximum atomic E-state index is 13.7. The number of carbonyl (C=O) groups is 2. The number of nitrogens with one attached hydrogen (secondary N) is 1. The minimum Gasteiger partial charge on any atom is -0.481 e. The van der Waals surface area contributed by atoms with E-state index in [4.69, 9.17) is 4.74 Å². The lowest BCUT2D eigenvalue weighted by molar-refractivity contribution is -0.137. The average Bonchev–Trinajstić information content (AvgIpc) is 3.37. The molecule has 0 radical (unpaired) electrons.